The van der Waals surface area contributed by atoms with Gasteiger partial charge in [-0.3, -0.25) is 9.59 Å². The van der Waals surface area contributed by atoms with E-state index in [-0.39, 0.29) is 11.9 Å². The Kier molecular flexibility index (Phi) is 8.21. The van der Waals surface area contributed by atoms with Crippen LogP contribution in [0.4, 0.5) is 0 Å². The molecule has 0 fully saturated rings. The average Bonchev–Trinajstić information content (AvgIpc) is 2.28. The Morgan fingerprint density at radius 2 is 1.31 bits per heavy atom. The first-order chi connectivity index (χ1) is 7.60. The van der Waals surface area contributed by atoms with Crippen LogP contribution in [-0.4, -0.2) is 25.2 Å². The van der Waals surface area contributed by atoms with Crippen LogP contribution in [0.1, 0.15) is 39.5 Å². The largest absolute Gasteiger partial charge is 0.465 e. The molecule has 0 heterocycles. The number of ether oxygens (including phenoxy) is 2. The summed E-state index contributed by atoms with van der Waals surface area (Å²) >= 11 is 0. The van der Waals surface area contributed by atoms with E-state index in [2.05, 4.69) is 6.58 Å². The fourth-order valence-electron chi connectivity index (χ4n) is 0.948. The molecule has 0 saturated carbocycles. The first-order valence-corrected chi connectivity index (χ1v) is 5.58. The molecule has 0 aliphatic rings. The van der Waals surface area contributed by atoms with E-state index in [9.17, 15) is 9.59 Å². The minimum atomic E-state index is -0.204. The van der Waals surface area contributed by atoms with Crippen molar-refractivity contribution in [3.05, 3.63) is 12.2 Å². The molecule has 16 heavy (non-hydrogen) atoms. The monoisotopic (exact) mass is 228 g/mol. The van der Waals surface area contributed by atoms with Crippen LogP contribution in [-0.2, 0) is 19.1 Å². The first-order valence-electron chi connectivity index (χ1n) is 5.58. The van der Waals surface area contributed by atoms with E-state index in [1.54, 1.807) is 13.8 Å². The van der Waals surface area contributed by atoms with Crippen molar-refractivity contribution in [3.63, 3.8) is 0 Å². The van der Waals surface area contributed by atoms with Gasteiger partial charge in [0.15, 0.2) is 0 Å². The highest BCUT2D eigenvalue weighted by Gasteiger charge is 2.02. The number of carbonyl (C=O) groups is 2. The van der Waals surface area contributed by atoms with Gasteiger partial charge in [0.25, 0.3) is 0 Å². The van der Waals surface area contributed by atoms with Crippen molar-refractivity contribution in [1.29, 1.82) is 0 Å². The van der Waals surface area contributed by atoms with Crippen LogP contribution in [0.2, 0.25) is 0 Å². The number of carbonyl (C=O) groups excluding carboxylic acids is 2. The summed E-state index contributed by atoms with van der Waals surface area (Å²) in [5.41, 5.74) is 0.924. The van der Waals surface area contributed by atoms with E-state index in [1.807, 2.05) is 0 Å². The van der Waals surface area contributed by atoms with Crippen molar-refractivity contribution in [2.45, 2.75) is 39.5 Å². The van der Waals surface area contributed by atoms with Crippen molar-refractivity contribution in [1.82, 2.24) is 0 Å². The van der Waals surface area contributed by atoms with Crippen LogP contribution < -0.4 is 0 Å². The molecular weight excluding hydrogens is 208 g/mol. The van der Waals surface area contributed by atoms with Gasteiger partial charge in [-0.1, -0.05) is 26.0 Å². The van der Waals surface area contributed by atoms with Crippen LogP contribution in [0.3, 0.4) is 0 Å². The zero-order chi connectivity index (χ0) is 12.4. The SMILES string of the molecule is C=C(CCOC(=O)CC)CCOC(=O)CC. The Hall–Kier alpha value is -1.32. The average molecular weight is 228 g/mol. The number of esters is 2. The molecule has 0 unspecified atom stereocenters. The molecule has 0 radical (unpaired) electrons. The van der Waals surface area contributed by atoms with Crippen molar-refractivity contribution in [2.75, 3.05) is 13.2 Å². The molecule has 4 nitrogen and oxygen atoms in total. The molecule has 0 aromatic rings. The predicted molar refractivity (Wildman–Crippen MR) is 60.9 cm³/mol. The Morgan fingerprint density at radius 3 is 1.62 bits per heavy atom. The summed E-state index contributed by atoms with van der Waals surface area (Å²) in [6.45, 7) is 8.03. The van der Waals surface area contributed by atoms with Gasteiger partial charge in [0.1, 0.15) is 0 Å². The molecule has 0 aromatic carbocycles. The zero-order valence-corrected chi connectivity index (χ0v) is 10.1. The molecule has 0 atom stereocenters. The Bertz CT molecular complexity index is 221. The fraction of sp³-hybridized carbons (Fsp3) is 0.667. The van der Waals surface area contributed by atoms with E-state index < -0.39 is 0 Å². The molecule has 0 bridgehead atoms. The second-order valence-corrected chi connectivity index (χ2v) is 3.40. The van der Waals surface area contributed by atoms with Gasteiger partial charge >= 0.3 is 11.9 Å². The maximum atomic E-state index is 10.8. The molecule has 0 aliphatic heterocycles. The maximum absolute atomic E-state index is 10.8. The molecule has 0 aromatic heterocycles. The molecule has 0 spiro atoms. The topological polar surface area (TPSA) is 52.6 Å². The summed E-state index contributed by atoms with van der Waals surface area (Å²) in [7, 11) is 0. The fourth-order valence-corrected chi connectivity index (χ4v) is 0.948. The van der Waals surface area contributed by atoms with Gasteiger partial charge in [-0.25, -0.2) is 0 Å². The van der Waals surface area contributed by atoms with Crippen LogP contribution in [0.15, 0.2) is 12.2 Å². The highest BCUT2D eigenvalue weighted by Crippen LogP contribution is 2.05. The maximum Gasteiger partial charge on any atom is 0.305 e. The zero-order valence-electron chi connectivity index (χ0n) is 10.1. The van der Waals surface area contributed by atoms with Gasteiger partial charge in [-0.15, -0.1) is 0 Å². The van der Waals surface area contributed by atoms with Crippen LogP contribution in [0.5, 0.6) is 0 Å². The Labute approximate surface area is 96.6 Å². The van der Waals surface area contributed by atoms with Crippen LogP contribution in [0.25, 0.3) is 0 Å². The van der Waals surface area contributed by atoms with Crippen molar-refractivity contribution in [3.8, 4) is 0 Å². The van der Waals surface area contributed by atoms with E-state index in [0.29, 0.717) is 38.9 Å². The highest BCUT2D eigenvalue weighted by molar-refractivity contribution is 5.69. The Morgan fingerprint density at radius 1 is 0.938 bits per heavy atom. The van der Waals surface area contributed by atoms with E-state index in [0.717, 1.165) is 5.57 Å². The second-order valence-electron chi connectivity index (χ2n) is 3.40. The minimum absolute atomic E-state index is 0.204. The first kappa shape index (κ1) is 14.7. The summed E-state index contributed by atoms with van der Waals surface area (Å²) in [4.78, 5) is 21.6. The summed E-state index contributed by atoms with van der Waals surface area (Å²) in [5, 5.41) is 0. The summed E-state index contributed by atoms with van der Waals surface area (Å²) < 4.78 is 9.81. The van der Waals surface area contributed by atoms with Crippen LogP contribution >= 0.6 is 0 Å². The lowest BCUT2D eigenvalue weighted by atomic mass is 10.2. The summed E-state index contributed by atoms with van der Waals surface area (Å²) in [5.74, 6) is -0.407. The highest BCUT2D eigenvalue weighted by atomic mass is 16.5. The molecule has 4 heteroatoms. The normalized spacial score (nSPS) is 9.62. The molecule has 0 saturated heterocycles. The third-order valence-electron chi connectivity index (χ3n) is 2.01. The number of hydrogen-bond donors (Lipinski definition) is 0. The van der Waals surface area contributed by atoms with Gasteiger partial charge in [-0.2, -0.15) is 0 Å². The van der Waals surface area contributed by atoms with Crippen molar-refractivity contribution in [2.24, 2.45) is 0 Å². The lowest BCUT2D eigenvalue weighted by Gasteiger charge is -2.07. The molecule has 92 valence electrons. The smallest absolute Gasteiger partial charge is 0.305 e. The van der Waals surface area contributed by atoms with E-state index >= 15 is 0 Å². The lowest BCUT2D eigenvalue weighted by Crippen LogP contribution is -2.07. The molecule has 0 aliphatic carbocycles. The van der Waals surface area contributed by atoms with Gasteiger partial charge in [0.05, 0.1) is 13.2 Å². The van der Waals surface area contributed by atoms with Gasteiger partial charge in [0.2, 0.25) is 0 Å². The predicted octanol–water partition coefficient (Wildman–Crippen LogP) is 2.23. The molecule has 0 N–H and O–H groups in total. The van der Waals surface area contributed by atoms with Crippen LogP contribution in [0, 0.1) is 0 Å². The quantitative estimate of drug-likeness (QED) is 0.472. The summed E-state index contributed by atoms with van der Waals surface area (Å²) in [6.07, 6.45) is 2.02. The standard InChI is InChI=1S/C12H20O4/c1-4-11(13)15-8-6-10(3)7-9-16-12(14)5-2/h3-9H2,1-2H3. The Balaban J connectivity index is 3.45. The third-order valence-corrected chi connectivity index (χ3v) is 2.01. The van der Waals surface area contributed by atoms with Gasteiger partial charge < -0.3 is 9.47 Å². The van der Waals surface area contributed by atoms with E-state index in [1.165, 1.54) is 0 Å². The number of hydrogen-bond acceptors (Lipinski definition) is 4. The second kappa shape index (κ2) is 8.95. The molecular formula is C12H20O4. The summed E-state index contributed by atoms with van der Waals surface area (Å²) in [6, 6.07) is 0. The van der Waals surface area contributed by atoms with E-state index in [4.69, 9.17) is 9.47 Å². The van der Waals surface area contributed by atoms with Gasteiger partial charge in [0, 0.05) is 25.7 Å². The third kappa shape index (κ3) is 8.03. The van der Waals surface area contributed by atoms with Crippen molar-refractivity contribution < 1.29 is 19.1 Å². The molecule has 0 rings (SSSR count). The number of rotatable bonds is 8. The lowest BCUT2D eigenvalue weighted by molar-refractivity contribution is -0.143. The minimum Gasteiger partial charge on any atom is -0.465 e. The molecule has 0 amide bonds. The van der Waals surface area contributed by atoms with Gasteiger partial charge in [-0.05, 0) is 0 Å². The van der Waals surface area contributed by atoms with Crippen molar-refractivity contribution >= 4 is 11.9 Å².